The van der Waals surface area contributed by atoms with Gasteiger partial charge >= 0.3 is 0 Å². The lowest BCUT2D eigenvalue weighted by Gasteiger charge is -1.91. The molecule has 0 aliphatic heterocycles. The Hall–Kier alpha value is -0.850. The van der Waals surface area contributed by atoms with Crippen molar-refractivity contribution in [2.24, 2.45) is 0 Å². The number of carbonyl (C=O) groups excluding carboxylic acids is 1. The molecule has 0 unspecified atom stereocenters. The highest BCUT2D eigenvalue weighted by molar-refractivity contribution is 5.54. The molecule has 13 heavy (non-hydrogen) atoms. The van der Waals surface area contributed by atoms with Crippen molar-refractivity contribution >= 4 is 6.29 Å². The first kappa shape index (κ1) is 12.2. The van der Waals surface area contributed by atoms with E-state index in [1.54, 1.807) is 0 Å². The molecule has 0 N–H and O–H groups in total. The Morgan fingerprint density at radius 3 is 2.69 bits per heavy atom. The SMILES string of the molecule is CCCCC/C=C/C=C(\C)CC=O. The van der Waals surface area contributed by atoms with Crippen molar-refractivity contribution in [1.29, 1.82) is 0 Å². The standard InChI is InChI=1S/C12H20O/c1-3-4-5-6-7-8-9-12(2)10-11-13/h7-9,11H,3-6,10H2,1-2H3/b8-7+,12-9+. The Morgan fingerprint density at radius 2 is 2.08 bits per heavy atom. The Balaban J connectivity index is 3.48. The number of unbranched alkanes of at least 4 members (excludes halogenated alkanes) is 3. The van der Waals surface area contributed by atoms with Gasteiger partial charge in [-0.3, -0.25) is 0 Å². The second-order valence-electron chi connectivity index (χ2n) is 3.31. The minimum absolute atomic E-state index is 0.555. The maximum Gasteiger partial charge on any atom is 0.124 e. The van der Waals surface area contributed by atoms with Gasteiger partial charge in [-0.05, 0) is 19.8 Å². The average Bonchev–Trinajstić information content (AvgIpc) is 2.11. The van der Waals surface area contributed by atoms with Gasteiger partial charge in [-0.15, -0.1) is 0 Å². The van der Waals surface area contributed by atoms with E-state index in [-0.39, 0.29) is 0 Å². The van der Waals surface area contributed by atoms with Crippen molar-refractivity contribution in [1.82, 2.24) is 0 Å². The van der Waals surface area contributed by atoms with Crippen LogP contribution in [0.25, 0.3) is 0 Å². The van der Waals surface area contributed by atoms with Crippen LogP contribution in [0, 0.1) is 0 Å². The van der Waals surface area contributed by atoms with Gasteiger partial charge in [-0.2, -0.15) is 0 Å². The number of aldehydes is 1. The minimum Gasteiger partial charge on any atom is -0.303 e. The molecule has 0 aliphatic rings. The lowest BCUT2D eigenvalue weighted by molar-refractivity contribution is -0.107. The van der Waals surface area contributed by atoms with Gasteiger partial charge in [0.05, 0.1) is 0 Å². The van der Waals surface area contributed by atoms with Crippen LogP contribution in [0.5, 0.6) is 0 Å². The van der Waals surface area contributed by atoms with Crippen LogP contribution in [-0.2, 0) is 4.79 Å². The summed E-state index contributed by atoms with van der Waals surface area (Å²) in [5.41, 5.74) is 1.13. The van der Waals surface area contributed by atoms with Crippen molar-refractivity contribution in [3.8, 4) is 0 Å². The molecular formula is C12H20O. The normalized spacial score (nSPS) is 12.3. The number of hydrogen-bond acceptors (Lipinski definition) is 1. The number of carbonyl (C=O) groups is 1. The van der Waals surface area contributed by atoms with E-state index in [1.165, 1.54) is 19.3 Å². The Morgan fingerprint density at radius 1 is 1.31 bits per heavy atom. The average molecular weight is 180 g/mol. The van der Waals surface area contributed by atoms with Crippen LogP contribution < -0.4 is 0 Å². The van der Waals surface area contributed by atoms with E-state index in [2.05, 4.69) is 19.1 Å². The van der Waals surface area contributed by atoms with Crippen LogP contribution in [0.15, 0.2) is 23.8 Å². The highest BCUT2D eigenvalue weighted by Crippen LogP contribution is 2.01. The van der Waals surface area contributed by atoms with Crippen molar-refractivity contribution in [3.63, 3.8) is 0 Å². The molecule has 0 aromatic carbocycles. The summed E-state index contributed by atoms with van der Waals surface area (Å²) < 4.78 is 0. The molecule has 0 aromatic heterocycles. The van der Waals surface area contributed by atoms with Crippen molar-refractivity contribution in [2.75, 3.05) is 0 Å². The monoisotopic (exact) mass is 180 g/mol. The lowest BCUT2D eigenvalue weighted by atomic mass is 10.2. The Bertz CT molecular complexity index is 178. The molecular weight excluding hydrogens is 160 g/mol. The maximum absolute atomic E-state index is 10.1. The molecule has 0 saturated carbocycles. The molecule has 0 amide bonds. The third-order valence-electron chi connectivity index (χ3n) is 1.90. The molecule has 0 bridgehead atoms. The molecule has 0 atom stereocenters. The maximum atomic E-state index is 10.1. The first-order valence-corrected chi connectivity index (χ1v) is 5.07. The van der Waals surface area contributed by atoms with Crippen LogP contribution in [0.1, 0.15) is 46.0 Å². The molecule has 74 valence electrons. The highest BCUT2D eigenvalue weighted by Gasteiger charge is 1.83. The second-order valence-corrected chi connectivity index (χ2v) is 3.31. The molecule has 0 spiro atoms. The number of rotatable bonds is 7. The summed E-state index contributed by atoms with van der Waals surface area (Å²) in [7, 11) is 0. The summed E-state index contributed by atoms with van der Waals surface area (Å²) in [4.78, 5) is 10.1. The fourth-order valence-corrected chi connectivity index (χ4v) is 1.04. The van der Waals surface area contributed by atoms with Gasteiger partial charge in [0, 0.05) is 6.42 Å². The number of allylic oxidation sites excluding steroid dienone is 4. The first-order valence-electron chi connectivity index (χ1n) is 5.07. The molecule has 0 heterocycles. The van der Waals surface area contributed by atoms with Crippen LogP contribution in [0.4, 0.5) is 0 Å². The molecule has 0 rings (SSSR count). The molecule has 0 aromatic rings. The summed E-state index contributed by atoms with van der Waals surface area (Å²) in [5, 5.41) is 0. The zero-order valence-corrected chi connectivity index (χ0v) is 8.75. The van der Waals surface area contributed by atoms with Gasteiger partial charge in [-0.25, -0.2) is 0 Å². The van der Waals surface area contributed by atoms with Crippen LogP contribution in [0.2, 0.25) is 0 Å². The van der Waals surface area contributed by atoms with E-state index >= 15 is 0 Å². The highest BCUT2D eigenvalue weighted by atomic mass is 16.1. The number of hydrogen-bond donors (Lipinski definition) is 0. The summed E-state index contributed by atoms with van der Waals surface area (Å²) >= 11 is 0. The molecule has 0 fully saturated rings. The van der Waals surface area contributed by atoms with Crippen LogP contribution in [-0.4, -0.2) is 6.29 Å². The smallest absolute Gasteiger partial charge is 0.124 e. The summed E-state index contributed by atoms with van der Waals surface area (Å²) in [6.45, 7) is 4.18. The summed E-state index contributed by atoms with van der Waals surface area (Å²) in [6, 6.07) is 0. The van der Waals surface area contributed by atoms with Gasteiger partial charge in [0.25, 0.3) is 0 Å². The summed E-state index contributed by atoms with van der Waals surface area (Å²) in [6.07, 6.45) is 12.7. The van der Waals surface area contributed by atoms with Gasteiger partial charge in [0.15, 0.2) is 0 Å². The Kier molecular flexibility index (Phi) is 8.64. The van der Waals surface area contributed by atoms with Gasteiger partial charge in [-0.1, -0.05) is 43.6 Å². The third-order valence-corrected chi connectivity index (χ3v) is 1.90. The first-order chi connectivity index (χ1) is 6.31. The van der Waals surface area contributed by atoms with Gasteiger partial charge < -0.3 is 4.79 Å². The molecule has 1 heteroatoms. The topological polar surface area (TPSA) is 17.1 Å². The lowest BCUT2D eigenvalue weighted by Crippen LogP contribution is -1.76. The molecule has 0 aliphatic carbocycles. The van der Waals surface area contributed by atoms with Crippen molar-refractivity contribution in [3.05, 3.63) is 23.8 Å². The predicted molar refractivity (Wildman–Crippen MR) is 57.7 cm³/mol. The molecule has 0 radical (unpaired) electrons. The second kappa shape index (κ2) is 9.24. The Labute approximate surface area is 81.5 Å². The molecule has 0 saturated heterocycles. The van der Waals surface area contributed by atoms with Gasteiger partial charge in [0.1, 0.15) is 6.29 Å². The van der Waals surface area contributed by atoms with E-state index in [9.17, 15) is 4.79 Å². The fraction of sp³-hybridized carbons (Fsp3) is 0.583. The quantitative estimate of drug-likeness (QED) is 0.332. The van der Waals surface area contributed by atoms with E-state index < -0.39 is 0 Å². The van der Waals surface area contributed by atoms with Crippen molar-refractivity contribution in [2.45, 2.75) is 46.0 Å². The summed E-state index contributed by atoms with van der Waals surface area (Å²) in [5.74, 6) is 0. The van der Waals surface area contributed by atoms with Crippen LogP contribution in [0.3, 0.4) is 0 Å². The van der Waals surface area contributed by atoms with E-state index in [4.69, 9.17) is 0 Å². The zero-order valence-electron chi connectivity index (χ0n) is 8.75. The minimum atomic E-state index is 0.555. The van der Waals surface area contributed by atoms with Gasteiger partial charge in [0.2, 0.25) is 0 Å². The largest absolute Gasteiger partial charge is 0.303 e. The molecule has 1 nitrogen and oxygen atoms in total. The van der Waals surface area contributed by atoms with E-state index in [0.717, 1.165) is 18.3 Å². The van der Waals surface area contributed by atoms with Crippen molar-refractivity contribution < 1.29 is 4.79 Å². The van der Waals surface area contributed by atoms with E-state index in [0.29, 0.717) is 6.42 Å². The fourth-order valence-electron chi connectivity index (χ4n) is 1.04. The zero-order chi connectivity index (χ0) is 9.94. The van der Waals surface area contributed by atoms with E-state index in [1.807, 2.05) is 13.0 Å². The predicted octanol–water partition coefficient (Wildman–Crippen LogP) is 3.66. The van der Waals surface area contributed by atoms with Crippen LogP contribution >= 0.6 is 0 Å². The third kappa shape index (κ3) is 9.06.